The van der Waals surface area contributed by atoms with Crippen LogP contribution in [0.3, 0.4) is 0 Å². The van der Waals surface area contributed by atoms with Crippen molar-refractivity contribution in [3.8, 4) is 0 Å². The number of hydrogen-bond donors (Lipinski definition) is 2. The first-order valence-corrected chi connectivity index (χ1v) is 7.56. The SMILES string of the molecule is O=C(c1cc(=O)[nH]c(=O)[nH]1)N1CCN(c2ccc([N+](=O)[O-])cc2)CC1. The summed E-state index contributed by atoms with van der Waals surface area (Å²) in [6.07, 6.45) is 0. The highest BCUT2D eigenvalue weighted by molar-refractivity contribution is 5.92. The van der Waals surface area contributed by atoms with Crippen LogP contribution in [0.5, 0.6) is 0 Å². The molecule has 1 fully saturated rings. The smallest absolute Gasteiger partial charge is 0.326 e. The molecule has 1 aliphatic heterocycles. The minimum absolute atomic E-state index is 0.0239. The van der Waals surface area contributed by atoms with E-state index in [0.29, 0.717) is 26.2 Å². The minimum Gasteiger partial charge on any atom is -0.368 e. The van der Waals surface area contributed by atoms with Gasteiger partial charge >= 0.3 is 5.69 Å². The van der Waals surface area contributed by atoms with Crippen molar-refractivity contribution in [2.45, 2.75) is 0 Å². The van der Waals surface area contributed by atoms with Crippen molar-refractivity contribution in [3.05, 3.63) is 67.0 Å². The van der Waals surface area contributed by atoms with Crippen LogP contribution < -0.4 is 16.1 Å². The normalized spacial score (nSPS) is 14.4. The van der Waals surface area contributed by atoms with Gasteiger partial charge in [0.15, 0.2) is 0 Å². The van der Waals surface area contributed by atoms with E-state index in [1.54, 1.807) is 17.0 Å². The first-order chi connectivity index (χ1) is 11.9. The van der Waals surface area contributed by atoms with Gasteiger partial charge < -0.3 is 14.8 Å². The zero-order valence-electron chi connectivity index (χ0n) is 13.1. The molecule has 0 bridgehead atoms. The number of amides is 1. The zero-order valence-corrected chi connectivity index (χ0v) is 13.1. The fraction of sp³-hybridized carbons (Fsp3) is 0.267. The second-order valence-electron chi connectivity index (χ2n) is 5.55. The van der Waals surface area contributed by atoms with Gasteiger partial charge in [-0.25, -0.2) is 4.79 Å². The highest BCUT2D eigenvalue weighted by atomic mass is 16.6. The Bertz CT molecular complexity index is 881. The number of H-pyrrole nitrogens is 2. The maximum Gasteiger partial charge on any atom is 0.326 e. The Balaban J connectivity index is 1.67. The average molecular weight is 345 g/mol. The number of aromatic nitrogens is 2. The number of nitro groups is 1. The quantitative estimate of drug-likeness (QED) is 0.591. The number of non-ortho nitro benzene ring substituents is 1. The Morgan fingerprint density at radius 1 is 1.04 bits per heavy atom. The summed E-state index contributed by atoms with van der Waals surface area (Å²) in [5, 5.41) is 10.7. The number of rotatable bonds is 3. The number of anilines is 1. The van der Waals surface area contributed by atoms with Crippen molar-refractivity contribution in [2.24, 2.45) is 0 Å². The van der Waals surface area contributed by atoms with E-state index >= 15 is 0 Å². The van der Waals surface area contributed by atoms with E-state index in [0.717, 1.165) is 11.8 Å². The Labute approximate surface area is 140 Å². The molecule has 10 nitrogen and oxygen atoms in total. The summed E-state index contributed by atoms with van der Waals surface area (Å²) in [4.78, 5) is 53.1. The number of benzene rings is 1. The van der Waals surface area contributed by atoms with E-state index in [4.69, 9.17) is 0 Å². The van der Waals surface area contributed by atoms with Gasteiger partial charge in [0.25, 0.3) is 17.2 Å². The molecule has 1 aliphatic rings. The lowest BCUT2D eigenvalue weighted by Crippen LogP contribution is -2.49. The predicted molar refractivity (Wildman–Crippen MR) is 88.9 cm³/mol. The molecule has 2 aromatic rings. The summed E-state index contributed by atoms with van der Waals surface area (Å²) < 4.78 is 0. The standard InChI is InChI=1S/C15H15N5O5/c21-13-9-12(16-15(23)17-13)14(22)19-7-5-18(6-8-19)10-1-3-11(4-2-10)20(24)25/h1-4,9H,5-8H2,(H2,16,17,21,23). The van der Waals surface area contributed by atoms with Crippen molar-refractivity contribution in [2.75, 3.05) is 31.1 Å². The summed E-state index contributed by atoms with van der Waals surface area (Å²) in [6.45, 7) is 1.89. The highest BCUT2D eigenvalue weighted by Gasteiger charge is 2.23. The number of carbonyl (C=O) groups excluding carboxylic acids is 1. The molecule has 0 unspecified atom stereocenters. The van der Waals surface area contributed by atoms with Gasteiger partial charge in [-0.15, -0.1) is 0 Å². The van der Waals surface area contributed by atoms with E-state index in [-0.39, 0.29) is 11.4 Å². The lowest BCUT2D eigenvalue weighted by Gasteiger charge is -2.36. The molecule has 0 radical (unpaired) electrons. The third-order valence-corrected chi connectivity index (χ3v) is 3.98. The number of hydrogen-bond acceptors (Lipinski definition) is 6. The average Bonchev–Trinajstić information content (AvgIpc) is 2.60. The third kappa shape index (κ3) is 3.57. The predicted octanol–water partition coefficient (Wildman–Crippen LogP) is -0.0662. The molecule has 1 amide bonds. The van der Waals surface area contributed by atoms with Gasteiger partial charge in [0.1, 0.15) is 5.69 Å². The Kier molecular flexibility index (Phi) is 4.33. The van der Waals surface area contributed by atoms with E-state index in [1.165, 1.54) is 12.1 Å². The van der Waals surface area contributed by atoms with E-state index in [1.807, 2.05) is 9.88 Å². The monoisotopic (exact) mass is 345 g/mol. The molecule has 3 rings (SSSR count). The Morgan fingerprint density at radius 3 is 2.24 bits per heavy atom. The fourth-order valence-electron chi connectivity index (χ4n) is 2.71. The van der Waals surface area contributed by atoms with Gasteiger partial charge in [-0.1, -0.05) is 0 Å². The van der Waals surface area contributed by atoms with Crippen molar-refractivity contribution in [3.63, 3.8) is 0 Å². The third-order valence-electron chi connectivity index (χ3n) is 3.98. The molecule has 0 atom stereocenters. The zero-order chi connectivity index (χ0) is 18.0. The van der Waals surface area contributed by atoms with Crippen molar-refractivity contribution >= 4 is 17.3 Å². The lowest BCUT2D eigenvalue weighted by atomic mass is 10.2. The van der Waals surface area contributed by atoms with Crippen molar-refractivity contribution < 1.29 is 9.72 Å². The molecule has 0 aliphatic carbocycles. The van der Waals surface area contributed by atoms with Crippen LogP contribution in [-0.4, -0.2) is 51.9 Å². The summed E-state index contributed by atoms with van der Waals surface area (Å²) in [5.41, 5.74) is -0.535. The number of nitrogens with one attached hydrogen (secondary N) is 2. The minimum atomic E-state index is -0.722. The van der Waals surface area contributed by atoms with Gasteiger partial charge in [-0.2, -0.15) is 0 Å². The van der Waals surface area contributed by atoms with Gasteiger partial charge in [0, 0.05) is 50.1 Å². The van der Waals surface area contributed by atoms with Crippen LogP contribution in [-0.2, 0) is 0 Å². The number of nitro benzene ring substituents is 1. The van der Waals surface area contributed by atoms with E-state index in [9.17, 15) is 24.5 Å². The van der Waals surface area contributed by atoms with Crippen molar-refractivity contribution in [1.29, 1.82) is 0 Å². The van der Waals surface area contributed by atoms with Crippen LogP contribution in [0.4, 0.5) is 11.4 Å². The lowest BCUT2D eigenvalue weighted by molar-refractivity contribution is -0.384. The Morgan fingerprint density at radius 2 is 1.68 bits per heavy atom. The molecule has 25 heavy (non-hydrogen) atoms. The molecule has 1 saturated heterocycles. The van der Waals surface area contributed by atoms with Crippen LogP contribution in [0, 0.1) is 10.1 Å². The molecule has 1 aromatic carbocycles. The number of nitrogens with zero attached hydrogens (tertiary/aromatic N) is 3. The molecule has 2 N–H and O–H groups in total. The highest BCUT2D eigenvalue weighted by Crippen LogP contribution is 2.20. The summed E-state index contributed by atoms with van der Waals surface area (Å²) in [5.74, 6) is -0.411. The molecule has 10 heteroatoms. The largest absolute Gasteiger partial charge is 0.368 e. The summed E-state index contributed by atoms with van der Waals surface area (Å²) in [7, 11) is 0. The second-order valence-corrected chi connectivity index (χ2v) is 5.55. The topological polar surface area (TPSA) is 132 Å². The maximum atomic E-state index is 12.4. The van der Waals surface area contributed by atoms with E-state index < -0.39 is 22.1 Å². The molecular weight excluding hydrogens is 330 g/mol. The van der Waals surface area contributed by atoms with E-state index in [2.05, 4.69) is 4.98 Å². The molecule has 130 valence electrons. The second kappa shape index (κ2) is 6.59. The van der Waals surface area contributed by atoms with Crippen LogP contribution in [0.25, 0.3) is 0 Å². The van der Waals surface area contributed by atoms with Crippen LogP contribution in [0.2, 0.25) is 0 Å². The van der Waals surface area contributed by atoms with Crippen LogP contribution >= 0.6 is 0 Å². The van der Waals surface area contributed by atoms with Crippen molar-refractivity contribution in [1.82, 2.24) is 14.9 Å². The number of aromatic amines is 2. The maximum absolute atomic E-state index is 12.4. The van der Waals surface area contributed by atoms with Gasteiger partial charge in [0.2, 0.25) is 0 Å². The summed E-state index contributed by atoms with van der Waals surface area (Å²) >= 11 is 0. The van der Waals surface area contributed by atoms with Crippen LogP contribution in [0.15, 0.2) is 39.9 Å². The van der Waals surface area contributed by atoms with Gasteiger partial charge in [0.05, 0.1) is 4.92 Å². The molecule has 2 heterocycles. The first-order valence-electron chi connectivity index (χ1n) is 7.56. The fourth-order valence-corrected chi connectivity index (χ4v) is 2.71. The Hall–Kier alpha value is -3.43. The number of piperazine rings is 1. The summed E-state index contributed by atoms with van der Waals surface area (Å²) in [6, 6.07) is 7.28. The molecule has 1 aromatic heterocycles. The number of carbonyl (C=O) groups is 1. The molecular formula is C15H15N5O5. The molecule has 0 saturated carbocycles. The van der Waals surface area contributed by atoms with Crippen LogP contribution in [0.1, 0.15) is 10.5 Å². The first kappa shape index (κ1) is 16.4. The van der Waals surface area contributed by atoms with Gasteiger partial charge in [-0.05, 0) is 12.1 Å². The molecule has 0 spiro atoms. The van der Waals surface area contributed by atoms with Gasteiger partial charge in [-0.3, -0.25) is 24.7 Å².